The van der Waals surface area contributed by atoms with Gasteiger partial charge in [0.25, 0.3) is 0 Å². The van der Waals surface area contributed by atoms with Crippen LogP contribution in [0.4, 0.5) is 10.1 Å². The molecule has 0 fully saturated rings. The fourth-order valence-electron chi connectivity index (χ4n) is 1.46. The molecule has 2 N–H and O–H groups in total. The average molecular weight is 306 g/mol. The standard InChI is InChI=1S/C11H9ClFNO2S2/c12-11-4-2-8(17-11)6-18(15,16)10-3-1-7(14)5-9(10)13/h1-5H,6,14H2. The molecule has 1 aromatic carbocycles. The number of hydrogen-bond donors (Lipinski definition) is 1. The van der Waals surface area contributed by atoms with Crippen LogP contribution in [-0.4, -0.2) is 8.42 Å². The van der Waals surface area contributed by atoms with Gasteiger partial charge in [-0.2, -0.15) is 0 Å². The first kappa shape index (κ1) is 13.3. The topological polar surface area (TPSA) is 60.2 Å². The Morgan fingerprint density at radius 2 is 2.00 bits per heavy atom. The number of rotatable bonds is 3. The minimum absolute atomic E-state index is 0.186. The summed E-state index contributed by atoms with van der Waals surface area (Å²) in [5, 5.41) is 0. The van der Waals surface area contributed by atoms with E-state index < -0.39 is 15.7 Å². The third kappa shape index (κ3) is 2.82. The molecule has 0 unspecified atom stereocenters. The molecule has 0 radical (unpaired) electrons. The minimum Gasteiger partial charge on any atom is -0.399 e. The van der Waals surface area contributed by atoms with Gasteiger partial charge in [0.2, 0.25) is 0 Å². The van der Waals surface area contributed by atoms with Crippen molar-refractivity contribution in [2.75, 3.05) is 5.73 Å². The first-order valence-corrected chi connectivity index (χ1v) is 7.75. The van der Waals surface area contributed by atoms with E-state index in [0.29, 0.717) is 9.21 Å². The maximum atomic E-state index is 13.6. The van der Waals surface area contributed by atoms with E-state index in [9.17, 15) is 12.8 Å². The van der Waals surface area contributed by atoms with E-state index in [1.165, 1.54) is 12.1 Å². The van der Waals surface area contributed by atoms with E-state index in [4.69, 9.17) is 17.3 Å². The van der Waals surface area contributed by atoms with Gasteiger partial charge < -0.3 is 5.73 Å². The second kappa shape index (κ2) is 4.87. The van der Waals surface area contributed by atoms with Crippen molar-refractivity contribution in [1.82, 2.24) is 0 Å². The van der Waals surface area contributed by atoms with Crippen LogP contribution in [0.3, 0.4) is 0 Å². The number of hydrogen-bond acceptors (Lipinski definition) is 4. The monoisotopic (exact) mass is 305 g/mol. The van der Waals surface area contributed by atoms with Gasteiger partial charge in [0.05, 0.1) is 10.1 Å². The average Bonchev–Trinajstić information content (AvgIpc) is 2.62. The van der Waals surface area contributed by atoms with Crippen molar-refractivity contribution < 1.29 is 12.8 Å². The molecule has 0 atom stereocenters. The van der Waals surface area contributed by atoms with E-state index in [0.717, 1.165) is 17.4 Å². The van der Waals surface area contributed by atoms with Crippen LogP contribution in [0.1, 0.15) is 4.88 Å². The lowest BCUT2D eigenvalue weighted by Crippen LogP contribution is -2.06. The number of halogens is 2. The van der Waals surface area contributed by atoms with E-state index >= 15 is 0 Å². The van der Waals surface area contributed by atoms with Crippen LogP contribution in [0.2, 0.25) is 4.34 Å². The van der Waals surface area contributed by atoms with Gasteiger partial charge in [-0.05, 0) is 30.3 Å². The summed E-state index contributed by atoms with van der Waals surface area (Å²) in [5.41, 5.74) is 5.56. The molecule has 2 rings (SSSR count). The highest BCUT2D eigenvalue weighted by atomic mass is 35.5. The van der Waals surface area contributed by atoms with Gasteiger partial charge in [0, 0.05) is 10.6 Å². The zero-order chi connectivity index (χ0) is 13.3. The van der Waals surface area contributed by atoms with E-state index in [2.05, 4.69) is 0 Å². The number of nitrogen functional groups attached to an aromatic ring is 1. The Labute approximate surface area is 113 Å². The normalized spacial score (nSPS) is 11.7. The van der Waals surface area contributed by atoms with Crippen LogP contribution in [0.15, 0.2) is 35.2 Å². The Kier molecular flexibility index (Phi) is 3.61. The zero-order valence-electron chi connectivity index (χ0n) is 9.06. The molecular formula is C11H9ClFNO2S2. The molecular weight excluding hydrogens is 297 g/mol. The van der Waals surface area contributed by atoms with Gasteiger partial charge in [-0.1, -0.05) is 11.6 Å². The number of anilines is 1. The minimum atomic E-state index is -3.73. The lowest BCUT2D eigenvalue weighted by Gasteiger charge is -2.05. The summed E-state index contributed by atoms with van der Waals surface area (Å²) in [6.07, 6.45) is 0. The molecule has 7 heteroatoms. The highest BCUT2D eigenvalue weighted by Crippen LogP contribution is 2.27. The molecule has 0 saturated carbocycles. The summed E-state index contributed by atoms with van der Waals surface area (Å²) in [6, 6.07) is 6.75. The summed E-state index contributed by atoms with van der Waals surface area (Å²) in [7, 11) is -3.73. The number of thiophene rings is 1. The molecule has 0 aliphatic heterocycles. The molecule has 0 spiro atoms. The first-order chi connectivity index (χ1) is 8.38. The van der Waals surface area contributed by atoms with Crippen molar-refractivity contribution in [2.45, 2.75) is 10.6 Å². The van der Waals surface area contributed by atoms with Crippen LogP contribution in [0, 0.1) is 5.82 Å². The summed E-state index contributed by atoms with van der Waals surface area (Å²) in [4.78, 5) is 0.220. The molecule has 2 aromatic rings. The van der Waals surface area contributed by atoms with Gasteiger partial charge in [-0.3, -0.25) is 0 Å². The molecule has 0 aliphatic rings. The summed E-state index contributed by atoms with van der Waals surface area (Å²) >= 11 is 6.88. The fourth-order valence-corrected chi connectivity index (χ4v) is 4.31. The van der Waals surface area contributed by atoms with Crippen molar-refractivity contribution in [3.8, 4) is 0 Å². The van der Waals surface area contributed by atoms with E-state index in [1.807, 2.05) is 0 Å². The molecule has 96 valence electrons. The van der Waals surface area contributed by atoms with E-state index in [-0.39, 0.29) is 16.3 Å². The predicted octanol–water partition coefficient (Wildman–Crippen LogP) is 3.10. The lowest BCUT2D eigenvalue weighted by molar-refractivity contribution is 0.567. The van der Waals surface area contributed by atoms with Crippen molar-refractivity contribution in [2.24, 2.45) is 0 Å². The number of sulfone groups is 1. The predicted molar refractivity (Wildman–Crippen MR) is 71.0 cm³/mol. The van der Waals surface area contributed by atoms with Gasteiger partial charge in [0.1, 0.15) is 10.7 Å². The molecule has 1 aromatic heterocycles. The van der Waals surface area contributed by atoms with Crippen molar-refractivity contribution in [3.05, 3.63) is 45.4 Å². The lowest BCUT2D eigenvalue weighted by atomic mass is 10.3. The second-order valence-electron chi connectivity index (χ2n) is 3.65. The van der Waals surface area contributed by atoms with Crippen LogP contribution < -0.4 is 5.73 Å². The Bertz CT molecular complexity index is 682. The Hall–Kier alpha value is -1.11. The van der Waals surface area contributed by atoms with E-state index in [1.54, 1.807) is 12.1 Å². The molecule has 1 heterocycles. The zero-order valence-corrected chi connectivity index (χ0v) is 11.4. The largest absolute Gasteiger partial charge is 0.399 e. The highest BCUT2D eigenvalue weighted by molar-refractivity contribution is 7.90. The molecule has 0 bridgehead atoms. The third-order valence-electron chi connectivity index (χ3n) is 2.25. The summed E-state index contributed by atoms with van der Waals surface area (Å²) in [6.45, 7) is 0. The SMILES string of the molecule is Nc1ccc(S(=O)(=O)Cc2ccc(Cl)s2)c(F)c1. The first-order valence-electron chi connectivity index (χ1n) is 4.90. The molecule has 0 amide bonds. The van der Waals surface area contributed by atoms with Crippen molar-refractivity contribution >= 4 is 38.5 Å². The third-order valence-corrected chi connectivity index (χ3v) is 5.36. The molecule has 0 aliphatic carbocycles. The highest BCUT2D eigenvalue weighted by Gasteiger charge is 2.20. The molecule has 3 nitrogen and oxygen atoms in total. The smallest absolute Gasteiger partial charge is 0.186 e. The van der Waals surface area contributed by atoms with Crippen LogP contribution in [0.25, 0.3) is 0 Å². The van der Waals surface area contributed by atoms with Gasteiger partial charge in [-0.25, -0.2) is 12.8 Å². The summed E-state index contributed by atoms with van der Waals surface area (Å²) < 4.78 is 38.1. The fraction of sp³-hybridized carbons (Fsp3) is 0.0909. The Morgan fingerprint density at radius 1 is 1.28 bits per heavy atom. The van der Waals surface area contributed by atoms with Crippen LogP contribution in [0.5, 0.6) is 0 Å². The second-order valence-corrected chi connectivity index (χ2v) is 7.41. The Morgan fingerprint density at radius 3 is 2.56 bits per heavy atom. The maximum Gasteiger partial charge on any atom is 0.186 e. The van der Waals surface area contributed by atoms with Crippen molar-refractivity contribution in [1.29, 1.82) is 0 Å². The summed E-state index contributed by atoms with van der Waals surface area (Å²) in [5.74, 6) is -1.11. The maximum absolute atomic E-state index is 13.6. The van der Waals surface area contributed by atoms with Crippen LogP contribution in [-0.2, 0) is 15.6 Å². The molecule has 0 saturated heterocycles. The van der Waals surface area contributed by atoms with Crippen molar-refractivity contribution in [3.63, 3.8) is 0 Å². The van der Waals surface area contributed by atoms with Crippen LogP contribution >= 0.6 is 22.9 Å². The van der Waals surface area contributed by atoms with Gasteiger partial charge >= 0.3 is 0 Å². The number of benzene rings is 1. The Balaban J connectivity index is 2.36. The number of nitrogens with two attached hydrogens (primary N) is 1. The molecule has 18 heavy (non-hydrogen) atoms. The quantitative estimate of drug-likeness (QED) is 0.886. The van der Waals surface area contributed by atoms with Gasteiger partial charge in [0.15, 0.2) is 9.84 Å². The van der Waals surface area contributed by atoms with Gasteiger partial charge in [-0.15, -0.1) is 11.3 Å².